The molecule has 4 rings (SSSR count). The van der Waals surface area contributed by atoms with E-state index in [1.54, 1.807) is 18.2 Å². The first-order chi connectivity index (χ1) is 16.6. The lowest BCUT2D eigenvalue weighted by Gasteiger charge is -2.27. The van der Waals surface area contributed by atoms with Gasteiger partial charge in [-0.15, -0.1) is 0 Å². The lowest BCUT2D eigenvalue weighted by atomic mass is 10.1. The fourth-order valence-corrected chi connectivity index (χ4v) is 5.59. The second-order valence-electron chi connectivity index (χ2n) is 7.96. The summed E-state index contributed by atoms with van der Waals surface area (Å²) in [5.74, 6) is -0.741. The van der Waals surface area contributed by atoms with Crippen LogP contribution in [-0.2, 0) is 16.2 Å². The first-order valence-corrected chi connectivity index (χ1v) is 13.4. The van der Waals surface area contributed by atoms with Crippen LogP contribution in [0.4, 0.5) is 10.5 Å². The molecule has 0 atom stereocenters. The molecule has 0 spiro atoms. The number of halogens is 3. The number of carbonyl (C=O) groups is 3. The maximum atomic E-state index is 13.2. The Morgan fingerprint density at radius 1 is 0.971 bits per heavy atom. The highest BCUT2D eigenvalue weighted by Crippen LogP contribution is 2.34. The van der Waals surface area contributed by atoms with Crippen molar-refractivity contribution in [2.45, 2.75) is 20.5 Å². The first-order valence-electron chi connectivity index (χ1n) is 10.5. The summed E-state index contributed by atoms with van der Waals surface area (Å²) < 4.78 is 8.66. The third kappa shape index (κ3) is 5.78. The van der Waals surface area contributed by atoms with Gasteiger partial charge in [0, 0.05) is 3.57 Å². The van der Waals surface area contributed by atoms with Crippen molar-refractivity contribution in [1.82, 2.24) is 5.32 Å². The lowest BCUT2D eigenvalue weighted by Crippen LogP contribution is -2.54. The smallest absolute Gasteiger partial charge is 0.335 e. The SMILES string of the molecule is Cc1ccc(N2C(=O)NC(=O)/C(=C\c3cc(Br)c(OCc4ccc(I)cc4)c(I)c3)C2=O)cc1C. The molecule has 35 heavy (non-hydrogen) atoms. The highest BCUT2D eigenvalue weighted by molar-refractivity contribution is 14.1. The monoisotopic (exact) mass is 756 g/mol. The van der Waals surface area contributed by atoms with Crippen LogP contribution in [0, 0.1) is 21.0 Å². The fraction of sp³-hybridized carbons (Fsp3) is 0.115. The minimum Gasteiger partial charge on any atom is -0.487 e. The van der Waals surface area contributed by atoms with Gasteiger partial charge in [0.2, 0.25) is 0 Å². The molecule has 1 N–H and O–H groups in total. The van der Waals surface area contributed by atoms with Gasteiger partial charge in [-0.3, -0.25) is 14.9 Å². The van der Waals surface area contributed by atoms with Crippen molar-refractivity contribution in [2.24, 2.45) is 0 Å². The number of benzene rings is 3. The molecule has 0 radical (unpaired) electrons. The van der Waals surface area contributed by atoms with E-state index in [4.69, 9.17) is 4.74 Å². The number of barbiturate groups is 1. The summed E-state index contributed by atoms with van der Waals surface area (Å²) in [5.41, 5.74) is 3.91. The average molecular weight is 757 g/mol. The van der Waals surface area contributed by atoms with E-state index in [0.717, 1.165) is 28.7 Å². The number of amides is 4. The van der Waals surface area contributed by atoms with Gasteiger partial charge in [0.05, 0.1) is 13.7 Å². The van der Waals surface area contributed by atoms with Crippen LogP contribution in [0.1, 0.15) is 22.3 Å². The van der Waals surface area contributed by atoms with Crippen LogP contribution in [-0.4, -0.2) is 17.8 Å². The number of hydrogen-bond donors (Lipinski definition) is 1. The number of aryl methyl sites for hydroxylation is 2. The van der Waals surface area contributed by atoms with Crippen LogP contribution in [0.15, 0.2) is 64.6 Å². The van der Waals surface area contributed by atoms with Crippen molar-refractivity contribution in [3.05, 3.63) is 94.0 Å². The molecule has 4 amide bonds. The van der Waals surface area contributed by atoms with E-state index in [9.17, 15) is 14.4 Å². The van der Waals surface area contributed by atoms with Crippen LogP contribution in [0.25, 0.3) is 6.08 Å². The molecule has 0 aromatic heterocycles. The quantitative estimate of drug-likeness (QED) is 0.183. The summed E-state index contributed by atoms with van der Waals surface area (Å²) in [4.78, 5) is 39.2. The number of ether oxygens (including phenoxy) is 1. The second-order valence-corrected chi connectivity index (χ2v) is 11.2. The summed E-state index contributed by atoms with van der Waals surface area (Å²) in [7, 11) is 0. The maximum absolute atomic E-state index is 13.2. The van der Waals surface area contributed by atoms with Gasteiger partial charge in [0.1, 0.15) is 17.9 Å². The van der Waals surface area contributed by atoms with E-state index in [-0.39, 0.29) is 5.57 Å². The Morgan fingerprint density at radius 2 is 1.69 bits per heavy atom. The predicted octanol–water partition coefficient (Wildman–Crippen LogP) is 6.52. The third-order valence-corrected chi connectivity index (χ3v) is 7.59. The Bertz CT molecular complexity index is 1360. The Labute approximate surface area is 238 Å². The summed E-state index contributed by atoms with van der Waals surface area (Å²) in [5, 5.41) is 2.27. The molecule has 1 aliphatic rings. The molecule has 1 aliphatic heterocycles. The molecule has 0 bridgehead atoms. The average Bonchev–Trinajstić information content (AvgIpc) is 2.79. The van der Waals surface area contributed by atoms with Gasteiger partial charge in [-0.25, -0.2) is 9.69 Å². The predicted molar refractivity (Wildman–Crippen MR) is 155 cm³/mol. The summed E-state index contributed by atoms with van der Waals surface area (Å²) in [6.07, 6.45) is 1.48. The molecule has 0 saturated carbocycles. The van der Waals surface area contributed by atoms with Gasteiger partial charge in [0.15, 0.2) is 0 Å². The zero-order chi connectivity index (χ0) is 25.3. The Hall–Kier alpha value is -2.25. The summed E-state index contributed by atoms with van der Waals surface area (Å²) >= 11 is 7.95. The van der Waals surface area contributed by atoms with E-state index in [0.29, 0.717) is 28.1 Å². The molecular formula is C26H19BrI2N2O4. The van der Waals surface area contributed by atoms with Crippen molar-refractivity contribution in [2.75, 3.05) is 4.90 Å². The first kappa shape index (κ1) is 25.8. The van der Waals surface area contributed by atoms with Crippen LogP contribution in [0.5, 0.6) is 5.75 Å². The zero-order valence-corrected chi connectivity index (χ0v) is 24.6. The number of urea groups is 1. The zero-order valence-electron chi connectivity index (χ0n) is 18.7. The maximum Gasteiger partial charge on any atom is 0.335 e. The number of carbonyl (C=O) groups excluding carboxylic acids is 3. The molecule has 0 unspecified atom stereocenters. The highest BCUT2D eigenvalue weighted by atomic mass is 127. The third-order valence-electron chi connectivity index (χ3n) is 5.48. The molecule has 9 heteroatoms. The largest absolute Gasteiger partial charge is 0.487 e. The van der Waals surface area contributed by atoms with Crippen LogP contribution >= 0.6 is 61.1 Å². The number of nitrogens with one attached hydrogen (secondary N) is 1. The van der Waals surface area contributed by atoms with Crippen molar-refractivity contribution < 1.29 is 19.1 Å². The van der Waals surface area contributed by atoms with E-state index < -0.39 is 17.8 Å². The normalized spacial score (nSPS) is 14.9. The molecule has 1 fully saturated rings. The van der Waals surface area contributed by atoms with Crippen LogP contribution < -0.4 is 15.0 Å². The summed E-state index contributed by atoms with van der Waals surface area (Å²) in [6.45, 7) is 4.24. The lowest BCUT2D eigenvalue weighted by molar-refractivity contribution is -0.122. The van der Waals surface area contributed by atoms with Crippen LogP contribution in [0.3, 0.4) is 0 Å². The van der Waals surface area contributed by atoms with Gasteiger partial charge in [-0.2, -0.15) is 0 Å². The van der Waals surface area contributed by atoms with Crippen molar-refractivity contribution >= 4 is 90.7 Å². The second kappa shape index (κ2) is 10.8. The molecule has 6 nitrogen and oxygen atoms in total. The van der Waals surface area contributed by atoms with Crippen molar-refractivity contribution in [3.8, 4) is 5.75 Å². The number of nitrogens with zero attached hydrogens (tertiary/aromatic N) is 1. The Balaban J connectivity index is 1.61. The summed E-state index contributed by atoms with van der Waals surface area (Å²) in [6, 6.07) is 16.2. The van der Waals surface area contributed by atoms with Crippen LogP contribution in [0.2, 0.25) is 0 Å². The van der Waals surface area contributed by atoms with Gasteiger partial charge >= 0.3 is 6.03 Å². The Morgan fingerprint density at radius 3 is 2.34 bits per heavy atom. The molecular weight excluding hydrogens is 738 g/mol. The van der Waals surface area contributed by atoms with E-state index in [1.165, 1.54) is 6.08 Å². The highest BCUT2D eigenvalue weighted by Gasteiger charge is 2.37. The molecule has 3 aromatic carbocycles. The van der Waals surface area contributed by atoms with Gasteiger partial charge in [-0.05, 0) is 140 Å². The molecule has 0 aliphatic carbocycles. The number of anilines is 1. The molecule has 3 aromatic rings. The Kier molecular flexibility index (Phi) is 7.96. The van der Waals surface area contributed by atoms with E-state index in [2.05, 4.69) is 66.4 Å². The number of rotatable bonds is 5. The van der Waals surface area contributed by atoms with Crippen molar-refractivity contribution in [1.29, 1.82) is 0 Å². The van der Waals surface area contributed by atoms with Gasteiger partial charge in [-0.1, -0.05) is 18.2 Å². The van der Waals surface area contributed by atoms with E-state index in [1.807, 2.05) is 50.2 Å². The molecule has 178 valence electrons. The topological polar surface area (TPSA) is 75.7 Å². The minimum atomic E-state index is -0.768. The van der Waals surface area contributed by atoms with Gasteiger partial charge in [0.25, 0.3) is 11.8 Å². The van der Waals surface area contributed by atoms with Crippen molar-refractivity contribution in [3.63, 3.8) is 0 Å². The molecule has 1 saturated heterocycles. The standard InChI is InChI=1S/C26H19BrI2N2O4/c1-14-3-8-19(9-15(14)2)31-25(33)20(24(32)30-26(31)34)10-17-11-21(27)23(22(29)12-17)35-13-16-4-6-18(28)7-5-16/h3-12H,13H2,1-2H3,(H,30,32,34)/b20-10+. The number of hydrogen-bond acceptors (Lipinski definition) is 4. The van der Waals surface area contributed by atoms with E-state index >= 15 is 0 Å². The molecule has 1 heterocycles. The van der Waals surface area contributed by atoms with Gasteiger partial charge < -0.3 is 4.74 Å². The number of imide groups is 2. The fourth-order valence-electron chi connectivity index (χ4n) is 3.46. The minimum absolute atomic E-state index is 0.127.